The fourth-order valence-electron chi connectivity index (χ4n) is 1.04. The summed E-state index contributed by atoms with van der Waals surface area (Å²) < 4.78 is 40.0. The lowest BCUT2D eigenvalue weighted by atomic mass is 10.3. The number of carbonyl (C=O) groups is 1. The highest BCUT2D eigenvalue weighted by molar-refractivity contribution is 7.13. The van der Waals surface area contributed by atoms with Crippen molar-refractivity contribution < 1.29 is 22.7 Å². The summed E-state index contributed by atoms with van der Waals surface area (Å²) in [7, 11) is 1.23. The van der Waals surface area contributed by atoms with E-state index in [4.69, 9.17) is 0 Å². The van der Waals surface area contributed by atoms with Crippen LogP contribution in [0.5, 0.6) is 0 Å². The van der Waals surface area contributed by atoms with Gasteiger partial charge in [-0.15, -0.1) is 11.3 Å². The largest absolute Gasteiger partial charge is 0.464 e. The maximum atomic E-state index is 11.8. The Balaban J connectivity index is 2.33. The van der Waals surface area contributed by atoms with Crippen molar-refractivity contribution in [1.29, 1.82) is 0 Å². The van der Waals surface area contributed by atoms with Crippen LogP contribution in [0.3, 0.4) is 0 Å². The van der Waals surface area contributed by atoms with Crippen LogP contribution in [0, 0.1) is 0 Å². The zero-order chi connectivity index (χ0) is 12.9. The van der Waals surface area contributed by atoms with E-state index in [1.807, 2.05) is 0 Å². The Kier molecular flexibility index (Phi) is 4.73. The van der Waals surface area contributed by atoms with E-state index in [0.29, 0.717) is 5.13 Å². The first-order valence-electron chi connectivity index (χ1n) is 4.77. The van der Waals surface area contributed by atoms with Gasteiger partial charge in [0.2, 0.25) is 0 Å². The second kappa shape index (κ2) is 5.85. The zero-order valence-corrected chi connectivity index (χ0v) is 9.82. The number of hydrogen-bond acceptors (Lipinski definition) is 5. The quantitative estimate of drug-likeness (QED) is 0.659. The van der Waals surface area contributed by atoms with Crippen molar-refractivity contribution in [3.05, 3.63) is 11.1 Å². The molecule has 1 heterocycles. The molecule has 0 saturated heterocycles. The third kappa shape index (κ3) is 5.03. The third-order valence-electron chi connectivity index (χ3n) is 1.81. The average Bonchev–Trinajstić information content (AvgIpc) is 2.70. The summed E-state index contributed by atoms with van der Waals surface area (Å²) in [6.45, 7) is 0.160. The van der Waals surface area contributed by atoms with Gasteiger partial charge in [-0.3, -0.25) is 0 Å². The van der Waals surface area contributed by atoms with Gasteiger partial charge >= 0.3 is 12.1 Å². The van der Waals surface area contributed by atoms with E-state index < -0.39 is 18.6 Å². The van der Waals surface area contributed by atoms with Gasteiger partial charge in [-0.1, -0.05) is 0 Å². The van der Waals surface area contributed by atoms with Crippen molar-refractivity contribution >= 4 is 22.4 Å². The maximum Gasteiger partial charge on any atom is 0.389 e. The number of anilines is 1. The number of carbonyl (C=O) groups excluding carboxylic acids is 1. The minimum Gasteiger partial charge on any atom is -0.464 e. The predicted octanol–water partition coefficient (Wildman–Crippen LogP) is 2.68. The van der Waals surface area contributed by atoms with E-state index in [0.717, 1.165) is 11.3 Å². The molecule has 0 radical (unpaired) electrons. The van der Waals surface area contributed by atoms with E-state index >= 15 is 0 Å². The van der Waals surface area contributed by atoms with Crippen LogP contribution in [0.4, 0.5) is 18.3 Å². The number of aromatic nitrogens is 1. The van der Waals surface area contributed by atoms with Gasteiger partial charge in [0.1, 0.15) is 0 Å². The second-order valence-electron chi connectivity index (χ2n) is 3.17. The van der Waals surface area contributed by atoms with Gasteiger partial charge in [0, 0.05) is 18.3 Å². The van der Waals surface area contributed by atoms with Gasteiger partial charge in [-0.25, -0.2) is 9.78 Å². The van der Waals surface area contributed by atoms with E-state index in [1.54, 1.807) is 0 Å². The van der Waals surface area contributed by atoms with Crippen LogP contribution in [0.15, 0.2) is 5.38 Å². The molecule has 0 aliphatic rings. The summed E-state index contributed by atoms with van der Waals surface area (Å²) in [4.78, 5) is 14.9. The highest BCUT2D eigenvalue weighted by Gasteiger charge is 2.25. The van der Waals surface area contributed by atoms with E-state index in [1.165, 1.54) is 12.5 Å². The number of hydrogen-bond donors (Lipinski definition) is 1. The van der Waals surface area contributed by atoms with Gasteiger partial charge in [0.15, 0.2) is 10.8 Å². The summed E-state index contributed by atoms with van der Waals surface area (Å²) in [6, 6.07) is 0. The Bertz CT molecular complexity index is 379. The smallest absolute Gasteiger partial charge is 0.389 e. The molecule has 8 heteroatoms. The summed E-state index contributed by atoms with van der Waals surface area (Å²) >= 11 is 1.15. The van der Waals surface area contributed by atoms with E-state index in [-0.39, 0.29) is 18.7 Å². The molecule has 0 bridgehead atoms. The molecule has 0 unspecified atom stereocenters. The van der Waals surface area contributed by atoms with Crippen molar-refractivity contribution in [2.75, 3.05) is 19.0 Å². The molecule has 1 aromatic rings. The molecule has 0 fully saturated rings. The Morgan fingerprint density at radius 3 is 2.88 bits per heavy atom. The number of methoxy groups -OCH3 is 1. The van der Waals surface area contributed by atoms with Crippen LogP contribution < -0.4 is 5.32 Å². The maximum absolute atomic E-state index is 11.8. The number of nitrogens with zero attached hydrogens (tertiary/aromatic N) is 1. The molecule has 0 aromatic carbocycles. The fourth-order valence-corrected chi connectivity index (χ4v) is 1.75. The van der Waals surface area contributed by atoms with Crippen molar-refractivity contribution in [1.82, 2.24) is 4.98 Å². The van der Waals surface area contributed by atoms with E-state index in [2.05, 4.69) is 15.0 Å². The monoisotopic (exact) mass is 268 g/mol. The van der Waals surface area contributed by atoms with E-state index in [9.17, 15) is 18.0 Å². The molecule has 0 amide bonds. The summed E-state index contributed by atoms with van der Waals surface area (Å²) in [5.74, 6) is -0.565. The van der Waals surface area contributed by atoms with Crippen LogP contribution in [0.1, 0.15) is 23.3 Å². The molecule has 17 heavy (non-hydrogen) atoms. The van der Waals surface area contributed by atoms with Crippen LogP contribution in [0.2, 0.25) is 0 Å². The van der Waals surface area contributed by atoms with Gasteiger partial charge in [0.25, 0.3) is 0 Å². The Hall–Kier alpha value is -1.31. The molecule has 0 saturated carbocycles. The minimum absolute atomic E-state index is 0.0311. The number of halogens is 3. The van der Waals surface area contributed by atoms with Crippen molar-refractivity contribution in [3.63, 3.8) is 0 Å². The number of ether oxygens (including phenoxy) is 1. The lowest BCUT2D eigenvalue weighted by Gasteiger charge is -2.05. The molecular weight excluding hydrogens is 257 g/mol. The average molecular weight is 268 g/mol. The Morgan fingerprint density at radius 2 is 2.29 bits per heavy atom. The number of esters is 1. The second-order valence-corrected chi connectivity index (χ2v) is 4.03. The Morgan fingerprint density at radius 1 is 1.59 bits per heavy atom. The molecule has 0 spiro atoms. The molecule has 0 aliphatic heterocycles. The molecule has 1 rings (SSSR count). The first-order valence-corrected chi connectivity index (χ1v) is 5.65. The van der Waals surface area contributed by atoms with Crippen LogP contribution >= 0.6 is 11.3 Å². The van der Waals surface area contributed by atoms with Crippen molar-refractivity contribution in [2.24, 2.45) is 0 Å². The number of alkyl halides is 3. The van der Waals surface area contributed by atoms with Gasteiger partial charge in [-0.2, -0.15) is 13.2 Å². The fraction of sp³-hybridized carbons (Fsp3) is 0.556. The van der Waals surface area contributed by atoms with Crippen LogP contribution in [0.25, 0.3) is 0 Å². The standard InChI is InChI=1S/C9H11F3N2O2S/c1-16-7(15)6-5-17-8(14-6)13-4-2-3-9(10,11)12/h5H,2-4H2,1H3,(H,13,14). The molecule has 4 nitrogen and oxygen atoms in total. The molecule has 1 aromatic heterocycles. The lowest BCUT2D eigenvalue weighted by molar-refractivity contribution is -0.134. The molecule has 1 N–H and O–H groups in total. The van der Waals surface area contributed by atoms with Gasteiger partial charge < -0.3 is 10.1 Å². The lowest BCUT2D eigenvalue weighted by Crippen LogP contribution is -2.11. The minimum atomic E-state index is -4.14. The van der Waals surface area contributed by atoms with Crippen LogP contribution in [-0.4, -0.2) is 30.8 Å². The third-order valence-corrected chi connectivity index (χ3v) is 2.61. The first kappa shape index (κ1) is 13.8. The number of nitrogens with one attached hydrogen (secondary N) is 1. The normalized spacial score (nSPS) is 11.3. The Labute approximate surface area is 99.8 Å². The molecule has 0 atom stereocenters. The summed E-state index contributed by atoms with van der Waals surface area (Å²) in [5, 5.41) is 4.61. The SMILES string of the molecule is COC(=O)c1csc(NCCCC(F)(F)F)n1. The molecule has 96 valence electrons. The highest BCUT2D eigenvalue weighted by Crippen LogP contribution is 2.21. The highest BCUT2D eigenvalue weighted by atomic mass is 32.1. The zero-order valence-electron chi connectivity index (χ0n) is 9.00. The topological polar surface area (TPSA) is 51.2 Å². The van der Waals surface area contributed by atoms with Crippen molar-refractivity contribution in [2.45, 2.75) is 19.0 Å². The predicted molar refractivity (Wildman–Crippen MR) is 57.2 cm³/mol. The van der Waals surface area contributed by atoms with Crippen LogP contribution in [-0.2, 0) is 4.74 Å². The van der Waals surface area contributed by atoms with Gasteiger partial charge in [-0.05, 0) is 6.42 Å². The summed E-state index contributed by atoms with van der Waals surface area (Å²) in [6.07, 6.45) is -5.01. The summed E-state index contributed by atoms with van der Waals surface area (Å²) in [5.41, 5.74) is 0.149. The molecular formula is C9H11F3N2O2S. The number of thiazole rings is 1. The number of rotatable bonds is 5. The van der Waals surface area contributed by atoms with Gasteiger partial charge in [0.05, 0.1) is 7.11 Å². The van der Waals surface area contributed by atoms with Crippen molar-refractivity contribution in [3.8, 4) is 0 Å². The first-order chi connectivity index (χ1) is 7.92. The molecule has 0 aliphatic carbocycles.